The van der Waals surface area contributed by atoms with Crippen LogP contribution in [0.25, 0.3) is 6.08 Å². The number of nitrogens with one attached hydrogen (secondary N) is 1. The molecule has 2 amide bonds. The van der Waals surface area contributed by atoms with E-state index in [0.29, 0.717) is 15.6 Å². The Balaban J connectivity index is 2.00. The molecule has 2 heterocycles. The van der Waals surface area contributed by atoms with Crippen molar-refractivity contribution in [2.75, 3.05) is 4.90 Å². The SMILES string of the molecule is O=C1NC(=S)N(c2cccc(Cl)c2)C(=O)C1=Cc1ccc([N+](=O)[O-])s1. The molecule has 0 atom stereocenters. The number of thiocarbonyl (C=S) groups is 1. The minimum absolute atomic E-state index is 0.0634. The van der Waals surface area contributed by atoms with Gasteiger partial charge in [-0.2, -0.15) is 0 Å². The normalized spacial score (nSPS) is 16.3. The third-order valence-corrected chi connectivity index (χ3v) is 4.75. The van der Waals surface area contributed by atoms with Crippen molar-refractivity contribution in [2.24, 2.45) is 0 Å². The number of nitro groups is 1. The third-order valence-electron chi connectivity index (χ3n) is 3.25. The molecular formula is C15H8ClN3O4S2. The Hall–Kier alpha value is -2.62. The summed E-state index contributed by atoms with van der Waals surface area (Å²) in [6, 6.07) is 9.23. The van der Waals surface area contributed by atoms with Gasteiger partial charge in [-0.25, -0.2) is 0 Å². The van der Waals surface area contributed by atoms with Crippen molar-refractivity contribution in [3.63, 3.8) is 0 Å². The van der Waals surface area contributed by atoms with Gasteiger partial charge in [0.05, 0.1) is 10.6 Å². The standard InChI is InChI=1S/C15H8ClN3O4S2/c16-8-2-1-3-9(6-8)18-14(21)11(13(20)17-15(18)24)7-10-4-5-12(25-10)19(22)23/h1-7H,(H,17,20,24). The number of rotatable bonds is 3. The van der Waals surface area contributed by atoms with Crippen molar-refractivity contribution in [1.29, 1.82) is 0 Å². The molecule has 0 bridgehead atoms. The summed E-state index contributed by atoms with van der Waals surface area (Å²) in [6.07, 6.45) is 1.30. The van der Waals surface area contributed by atoms with Crippen LogP contribution in [-0.2, 0) is 9.59 Å². The van der Waals surface area contributed by atoms with Crippen LogP contribution in [-0.4, -0.2) is 21.9 Å². The van der Waals surface area contributed by atoms with Gasteiger partial charge in [-0.1, -0.05) is 29.0 Å². The van der Waals surface area contributed by atoms with E-state index in [4.69, 9.17) is 23.8 Å². The van der Waals surface area contributed by atoms with Crippen molar-refractivity contribution in [3.8, 4) is 0 Å². The first-order valence-electron chi connectivity index (χ1n) is 6.78. The Morgan fingerprint density at radius 1 is 1.28 bits per heavy atom. The minimum Gasteiger partial charge on any atom is -0.298 e. The van der Waals surface area contributed by atoms with Crippen molar-refractivity contribution in [3.05, 3.63) is 62.0 Å². The highest BCUT2D eigenvalue weighted by Gasteiger charge is 2.34. The van der Waals surface area contributed by atoms with Gasteiger partial charge in [-0.3, -0.25) is 29.9 Å². The van der Waals surface area contributed by atoms with Crippen molar-refractivity contribution >= 4 is 68.8 Å². The molecule has 2 aromatic rings. The topological polar surface area (TPSA) is 92.6 Å². The summed E-state index contributed by atoms with van der Waals surface area (Å²) in [6.45, 7) is 0. The fraction of sp³-hybridized carbons (Fsp3) is 0. The van der Waals surface area contributed by atoms with Gasteiger partial charge in [0.1, 0.15) is 5.57 Å². The summed E-state index contributed by atoms with van der Waals surface area (Å²) in [4.78, 5) is 36.6. The number of carbonyl (C=O) groups is 2. The predicted octanol–water partition coefficient (Wildman–Crippen LogP) is 3.14. The fourth-order valence-electron chi connectivity index (χ4n) is 2.17. The van der Waals surface area contributed by atoms with Crippen molar-refractivity contribution in [2.45, 2.75) is 0 Å². The largest absolute Gasteiger partial charge is 0.324 e. The van der Waals surface area contributed by atoms with Gasteiger partial charge in [0.15, 0.2) is 5.11 Å². The van der Waals surface area contributed by atoms with Gasteiger partial charge in [-0.15, -0.1) is 0 Å². The molecule has 1 N–H and O–H groups in total. The third kappa shape index (κ3) is 3.43. The first-order chi connectivity index (χ1) is 11.9. The molecule has 7 nitrogen and oxygen atoms in total. The predicted molar refractivity (Wildman–Crippen MR) is 98.6 cm³/mol. The van der Waals surface area contributed by atoms with E-state index in [9.17, 15) is 19.7 Å². The van der Waals surface area contributed by atoms with Crippen LogP contribution in [0.1, 0.15) is 4.88 Å². The van der Waals surface area contributed by atoms with Crippen LogP contribution in [0.3, 0.4) is 0 Å². The smallest absolute Gasteiger partial charge is 0.298 e. The number of amides is 2. The lowest BCUT2D eigenvalue weighted by Gasteiger charge is -2.28. The van der Waals surface area contributed by atoms with E-state index >= 15 is 0 Å². The zero-order valence-electron chi connectivity index (χ0n) is 12.3. The molecule has 1 aliphatic rings. The lowest BCUT2D eigenvalue weighted by atomic mass is 10.1. The summed E-state index contributed by atoms with van der Waals surface area (Å²) in [5.74, 6) is -1.29. The Bertz CT molecular complexity index is 954. The van der Waals surface area contributed by atoms with Gasteiger partial charge < -0.3 is 0 Å². The Morgan fingerprint density at radius 3 is 2.68 bits per heavy atom. The van der Waals surface area contributed by atoms with Gasteiger partial charge in [-0.05, 0) is 42.6 Å². The second-order valence-electron chi connectivity index (χ2n) is 4.87. The van der Waals surface area contributed by atoms with E-state index in [-0.39, 0.29) is 15.7 Å². The molecule has 1 aliphatic heterocycles. The number of nitrogens with zero attached hydrogens (tertiary/aromatic N) is 2. The Kier molecular flexibility index (Phi) is 4.62. The Morgan fingerprint density at radius 2 is 2.04 bits per heavy atom. The second kappa shape index (κ2) is 6.71. The van der Waals surface area contributed by atoms with E-state index in [0.717, 1.165) is 16.2 Å². The highest BCUT2D eigenvalue weighted by atomic mass is 35.5. The van der Waals surface area contributed by atoms with Crippen molar-refractivity contribution < 1.29 is 14.5 Å². The van der Waals surface area contributed by atoms with E-state index in [1.807, 2.05) is 0 Å². The molecule has 1 fully saturated rings. The zero-order chi connectivity index (χ0) is 18.1. The van der Waals surface area contributed by atoms with E-state index < -0.39 is 16.7 Å². The molecule has 0 spiro atoms. The maximum atomic E-state index is 12.7. The van der Waals surface area contributed by atoms with E-state index in [1.54, 1.807) is 18.2 Å². The van der Waals surface area contributed by atoms with Crippen molar-refractivity contribution in [1.82, 2.24) is 5.32 Å². The molecule has 25 heavy (non-hydrogen) atoms. The number of anilines is 1. The minimum atomic E-state index is -0.663. The van der Waals surface area contributed by atoms with E-state index in [2.05, 4.69) is 5.32 Å². The van der Waals surface area contributed by atoms with Crippen LogP contribution in [0.5, 0.6) is 0 Å². The molecule has 1 saturated heterocycles. The van der Waals surface area contributed by atoms with Crippen LogP contribution in [0.4, 0.5) is 10.7 Å². The molecule has 10 heteroatoms. The highest BCUT2D eigenvalue weighted by molar-refractivity contribution is 7.80. The lowest BCUT2D eigenvalue weighted by Crippen LogP contribution is -2.54. The first kappa shape index (κ1) is 17.2. The zero-order valence-corrected chi connectivity index (χ0v) is 14.7. The fourth-order valence-corrected chi connectivity index (χ4v) is 3.40. The number of hydrogen-bond acceptors (Lipinski definition) is 6. The van der Waals surface area contributed by atoms with Crippen LogP contribution < -0.4 is 10.2 Å². The quantitative estimate of drug-likeness (QED) is 0.284. The van der Waals surface area contributed by atoms with Gasteiger partial charge in [0.2, 0.25) is 0 Å². The van der Waals surface area contributed by atoms with Gasteiger partial charge in [0.25, 0.3) is 11.8 Å². The number of thiophene rings is 1. The molecule has 0 unspecified atom stereocenters. The molecule has 126 valence electrons. The number of hydrogen-bond donors (Lipinski definition) is 1. The van der Waals surface area contributed by atoms with Gasteiger partial charge >= 0.3 is 5.00 Å². The van der Waals surface area contributed by atoms with Crippen LogP contribution in [0.15, 0.2) is 42.0 Å². The molecule has 0 saturated carbocycles. The summed E-state index contributed by atoms with van der Waals surface area (Å²) >= 11 is 11.9. The average Bonchev–Trinajstić information content (AvgIpc) is 3.00. The summed E-state index contributed by atoms with van der Waals surface area (Å²) in [5.41, 5.74) is 0.232. The highest BCUT2D eigenvalue weighted by Crippen LogP contribution is 2.28. The Labute approximate surface area is 155 Å². The molecule has 1 aromatic heterocycles. The molecule has 0 radical (unpaired) electrons. The summed E-state index contributed by atoms with van der Waals surface area (Å²) in [7, 11) is 0. The molecular weight excluding hydrogens is 386 g/mol. The first-order valence-corrected chi connectivity index (χ1v) is 8.38. The number of carbonyl (C=O) groups excluding carboxylic acids is 2. The van der Waals surface area contributed by atoms with Gasteiger partial charge in [0, 0.05) is 16.0 Å². The monoisotopic (exact) mass is 393 g/mol. The molecule has 3 rings (SSSR count). The lowest BCUT2D eigenvalue weighted by molar-refractivity contribution is -0.380. The summed E-state index contributed by atoms with van der Waals surface area (Å²) in [5, 5.41) is 13.5. The van der Waals surface area contributed by atoms with Crippen LogP contribution >= 0.6 is 35.2 Å². The number of benzene rings is 1. The van der Waals surface area contributed by atoms with E-state index in [1.165, 1.54) is 24.3 Å². The maximum Gasteiger partial charge on any atom is 0.324 e. The molecule has 1 aromatic carbocycles. The van der Waals surface area contributed by atoms with Crippen LogP contribution in [0.2, 0.25) is 5.02 Å². The number of halogens is 1. The molecule has 0 aliphatic carbocycles. The summed E-state index contributed by atoms with van der Waals surface area (Å²) < 4.78 is 0. The van der Waals surface area contributed by atoms with Crippen LogP contribution in [0, 0.1) is 10.1 Å². The maximum absolute atomic E-state index is 12.7. The second-order valence-corrected chi connectivity index (χ2v) is 6.79. The average molecular weight is 394 g/mol.